The monoisotopic (exact) mass is 369 g/mol. The summed E-state index contributed by atoms with van der Waals surface area (Å²) in [5.74, 6) is -3.75. The molecule has 1 N–H and O–H groups in total. The normalized spacial score (nSPS) is 23.2. The van der Waals surface area contributed by atoms with Crippen molar-refractivity contribution in [1.29, 1.82) is 0 Å². The molecule has 0 bridgehead atoms. The maximum Gasteiger partial charge on any atom is 0.417 e. The van der Waals surface area contributed by atoms with E-state index in [1.165, 1.54) is 0 Å². The van der Waals surface area contributed by atoms with Gasteiger partial charge in [0.1, 0.15) is 5.82 Å². The number of piperidine rings is 1. The number of hydrogen-bond donors (Lipinski definition) is 1. The quantitative estimate of drug-likeness (QED) is 0.831. The van der Waals surface area contributed by atoms with Crippen molar-refractivity contribution >= 4 is 16.0 Å². The van der Waals surface area contributed by atoms with Gasteiger partial charge in [0.25, 0.3) is 0 Å². The van der Waals surface area contributed by atoms with Crippen LogP contribution in [0.2, 0.25) is 0 Å². The molecule has 0 aliphatic carbocycles. The van der Waals surface area contributed by atoms with E-state index in [1.54, 1.807) is 6.92 Å². The van der Waals surface area contributed by atoms with E-state index in [-0.39, 0.29) is 24.9 Å². The van der Waals surface area contributed by atoms with Gasteiger partial charge in [0.2, 0.25) is 10.0 Å². The zero-order chi connectivity index (χ0) is 18.3. The first-order valence-electron chi connectivity index (χ1n) is 7.02. The van der Waals surface area contributed by atoms with E-state index >= 15 is 0 Å². The molecule has 0 radical (unpaired) electrons. The van der Waals surface area contributed by atoms with E-state index < -0.39 is 50.9 Å². The van der Waals surface area contributed by atoms with Crippen molar-refractivity contribution in [2.75, 3.05) is 13.1 Å². The fourth-order valence-corrected chi connectivity index (χ4v) is 4.56. The van der Waals surface area contributed by atoms with Crippen molar-refractivity contribution in [2.24, 2.45) is 11.8 Å². The third-order valence-electron chi connectivity index (χ3n) is 3.84. The molecule has 1 aliphatic heterocycles. The summed E-state index contributed by atoms with van der Waals surface area (Å²) in [5, 5.41) is 9.08. The lowest BCUT2D eigenvalue weighted by atomic mass is 9.92. The lowest BCUT2D eigenvalue weighted by molar-refractivity contribution is -0.144. The van der Waals surface area contributed by atoms with Gasteiger partial charge >= 0.3 is 12.1 Å². The van der Waals surface area contributed by atoms with Crippen molar-refractivity contribution in [3.63, 3.8) is 0 Å². The summed E-state index contributed by atoms with van der Waals surface area (Å²) in [5.41, 5.74) is -1.60. The van der Waals surface area contributed by atoms with E-state index in [1.807, 2.05) is 0 Å². The summed E-state index contributed by atoms with van der Waals surface area (Å²) in [7, 11) is -4.61. The fraction of sp³-hybridized carbons (Fsp3) is 0.500. The van der Waals surface area contributed by atoms with Crippen LogP contribution in [0.4, 0.5) is 17.6 Å². The van der Waals surface area contributed by atoms with Crippen LogP contribution in [0, 0.1) is 17.7 Å². The molecular formula is C14H15F4NO4S. The Morgan fingerprint density at radius 1 is 1.29 bits per heavy atom. The number of carboxylic acids is 1. The Morgan fingerprint density at radius 2 is 1.92 bits per heavy atom. The molecule has 1 fully saturated rings. The number of aliphatic carboxylic acids is 1. The smallest absolute Gasteiger partial charge is 0.417 e. The minimum absolute atomic E-state index is 0.0964. The van der Waals surface area contributed by atoms with Crippen molar-refractivity contribution in [1.82, 2.24) is 4.31 Å². The summed E-state index contributed by atoms with van der Waals surface area (Å²) in [4.78, 5) is 10.1. The number of benzene rings is 1. The van der Waals surface area contributed by atoms with Crippen molar-refractivity contribution in [3.05, 3.63) is 29.6 Å². The number of alkyl halides is 3. The van der Waals surface area contributed by atoms with Gasteiger partial charge in [0, 0.05) is 13.1 Å². The van der Waals surface area contributed by atoms with Crippen LogP contribution in [0.5, 0.6) is 0 Å². The highest BCUT2D eigenvalue weighted by atomic mass is 32.2. The first kappa shape index (κ1) is 18.7. The van der Waals surface area contributed by atoms with Gasteiger partial charge in [0.05, 0.1) is 16.4 Å². The molecule has 2 rings (SSSR count). The Hall–Kier alpha value is -1.68. The standard InChI is InChI=1S/C14H15F4NO4S/c1-8-4-9(13(20)21)7-19(6-8)24(22,23)12-3-2-10(15)5-11(12)14(16,17)18/h2-3,5,8-9H,4,6-7H2,1H3,(H,20,21). The number of halogens is 4. The Labute approximate surface area is 135 Å². The predicted molar refractivity (Wildman–Crippen MR) is 75.1 cm³/mol. The molecule has 0 aromatic heterocycles. The maximum absolute atomic E-state index is 13.2. The Bertz CT molecular complexity index is 748. The molecule has 0 amide bonds. The molecule has 1 saturated heterocycles. The molecule has 1 aliphatic rings. The lowest BCUT2D eigenvalue weighted by Gasteiger charge is -2.34. The summed E-state index contributed by atoms with van der Waals surface area (Å²) in [6.07, 6.45) is -4.82. The minimum Gasteiger partial charge on any atom is -0.481 e. The second-order valence-corrected chi connectivity index (χ2v) is 7.74. The molecule has 0 saturated carbocycles. The highest BCUT2D eigenvalue weighted by molar-refractivity contribution is 7.89. The van der Waals surface area contributed by atoms with Crippen LogP contribution in [0.1, 0.15) is 18.9 Å². The SMILES string of the molecule is CC1CC(C(=O)O)CN(S(=O)(=O)c2ccc(F)cc2C(F)(F)F)C1. The molecule has 10 heteroatoms. The van der Waals surface area contributed by atoms with Gasteiger partial charge < -0.3 is 5.11 Å². The van der Waals surface area contributed by atoms with E-state index in [0.717, 1.165) is 4.31 Å². The van der Waals surface area contributed by atoms with Crippen LogP contribution < -0.4 is 0 Å². The topological polar surface area (TPSA) is 74.7 Å². The first-order valence-corrected chi connectivity index (χ1v) is 8.46. The Morgan fingerprint density at radius 3 is 2.46 bits per heavy atom. The molecule has 2 unspecified atom stereocenters. The number of carboxylic acid groups (broad SMARTS) is 1. The van der Waals surface area contributed by atoms with Crippen LogP contribution in [0.15, 0.2) is 23.1 Å². The molecule has 0 spiro atoms. The summed E-state index contributed by atoms with van der Waals surface area (Å²) >= 11 is 0. The van der Waals surface area contributed by atoms with Gasteiger partial charge in [-0.3, -0.25) is 4.79 Å². The van der Waals surface area contributed by atoms with Crippen LogP contribution in [0.25, 0.3) is 0 Å². The highest BCUT2D eigenvalue weighted by Crippen LogP contribution is 2.37. The third kappa shape index (κ3) is 3.69. The van der Waals surface area contributed by atoms with E-state index in [0.29, 0.717) is 12.1 Å². The van der Waals surface area contributed by atoms with E-state index in [9.17, 15) is 30.8 Å². The first-order chi connectivity index (χ1) is 10.9. The van der Waals surface area contributed by atoms with Gasteiger partial charge in [-0.2, -0.15) is 17.5 Å². The molecule has 1 aromatic rings. The van der Waals surface area contributed by atoms with E-state index in [2.05, 4.69) is 0 Å². The number of carbonyl (C=O) groups is 1. The van der Waals surface area contributed by atoms with Crippen molar-refractivity contribution in [2.45, 2.75) is 24.4 Å². The number of rotatable bonds is 3. The van der Waals surface area contributed by atoms with Gasteiger partial charge in [-0.15, -0.1) is 0 Å². The third-order valence-corrected chi connectivity index (χ3v) is 5.73. The van der Waals surface area contributed by atoms with Gasteiger partial charge in [-0.05, 0) is 30.5 Å². The predicted octanol–water partition coefficient (Wildman–Crippen LogP) is 2.58. The maximum atomic E-state index is 13.2. The second-order valence-electron chi connectivity index (χ2n) is 5.84. The van der Waals surface area contributed by atoms with Gasteiger partial charge in [-0.1, -0.05) is 6.92 Å². The Balaban J connectivity index is 2.49. The van der Waals surface area contributed by atoms with Gasteiger partial charge in [-0.25, -0.2) is 12.8 Å². The van der Waals surface area contributed by atoms with E-state index in [4.69, 9.17) is 5.11 Å². The summed E-state index contributed by atoms with van der Waals surface area (Å²) in [6.45, 7) is 1.10. The van der Waals surface area contributed by atoms with Crippen LogP contribution in [-0.4, -0.2) is 36.9 Å². The van der Waals surface area contributed by atoms with Crippen molar-refractivity contribution < 1.29 is 35.9 Å². The molecular weight excluding hydrogens is 354 g/mol. The average molecular weight is 369 g/mol. The molecule has 5 nitrogen and oxygen atoms in total. The summed E-state index contributed by atoms with van der Waals surface area (Å²) < 4.78 is 78.2. The minimum atomic E-state index is -5.06. The molecule has 134 valence electrons. The number of nitrogens with zero attached hydrogens (tertiary/aromatic N) is 1. The summed E-state index contributed by atoms with van der Waals surface area (Å²) in [6, 6.07) is 1.31. The lowest BCUT2D eigenvalue weighted by Crippen LogP contribution is -2.45. The fourth-order valence-electron chi connectivity index (χ4n) is 2.77. The van der Waals surface area contributed by atoms with Crippen LogP contribution >= 0.6 is 0 Å². The van der Waals surface area contributed by atoms with Crippen LogP contribution in [-0.2, 0) is 21.0 Å². The van der Waals surface area contributed by atoms with Gasteiger partial charge in [0.15, 0.2) is 0 Å². The largest absolute Gasteiger partial charge is 0.481 e. The van der Waals surface area contributed by atoms with Crippen molar-refractivity contribution in [3.8, 4) is 0 Å². The number of hydrogen-bond acceptors (Lipinski definition) is 3. The zero-order valence-corrected chi connectivity index (χ0v) is 13.4. The number of sulfonamides is 1. The molecule has 24 heavy (non-hydrogen) atoms. The average Bonchev–Trinajstić information content (AvgIpc) is 2.45. The highest BCUT2D eigenvalue weighted by Gasteiger charge is 2.42. The molecule has 1 aromatic carbocycles. The second kappa shape index (κ2) is 6.32. The molecule has 2 atom stereocenters. The zero-order valence-electron chi connectivity index (χ0n) is 12.5. The Kier molecular flexibility index (Phi) is 4.91. The molecule has 1 heterocycles. The van der Waals surface area contributed by atoms with Crippen LogP contribution in [0.3, 0.4) is 0 Å².